The van der Waals surface area contributed by atoms with Crippen LogP contribution in [-0.4, -0.2) is 67.8 Å². The van der Waals surface area contributed by atoms with E-state index in [9.17, 15) is 19.2 Å². The molecule has 0 radical (unpaired) electrons. The number of carbonyl (C=O) groups excluding carboxylic acids is 4. The molecule has 2 aliphatic carbocycles. The lowest BCUT2D eigenvalue weighted by Crippen LogP contribution is -2.42. The molecule has 1 aromatic rings. The molecule has 0 spiro atoms. The summed E-state index contributed by atoms with van der Waals surface area (Å²) >= 11 is 0. The fourth-order valence-corrected chi connectivity index (χ4v) is 5.37. The van der Waals surface area contributed by atoms with Crippen LogP contribution in [0.25, 0.3) is 0 Å². The molecule has 3 atom stereocenters. The molecule has 1 aromatic carbocycles. The number of amides is 4. The molecule has 9 heteroatoms. The fourth-order valence-electron chi connectivity index (χ4n) is 5.37. The molecule has 1 aliphatic heterocycles. The van der Waals surface area contributed by atoms with Gasteiger partial charge in [0, 0.05) is 18.6 Å². The highest BCUT2D eigenvalue weighted by Crippen LogP contribution is 2.26. The monoisotopic (exact) mass is 573 g/mol. The summed E-state index contributed by atoms with van der Waals surface area (Å²) in [5.74, 6) is 1.11. The molecule has 0 aromatic heterocycles. The van der Waals surface area contributed by atoms with Gasteiger partial charge in [-0.25, -0.2) is 0 Å². The number of aryl methyl sites for hydroxylation is 2. The highest BCUT2D eigenvalue weighted by molar-refractivity contribution is 5.82. The van der Waals surface area contributed by atoms with Gasteiger partial charge in [0.05, 0.1) is 6.54 Å². The zero-order chi connectivity index (χ0) is 30.6. The quantitative estimate of drug-likeness (QED) is 0.354. The standard InChI is InChI=1S/C11H22N2O.C10H12.C7H11N3O3.C4H10/c1-9(13-11(14)8-12-2)10-6-4-3-5-7-10;1-2-6-10-8-4-3-7-9(10)5-1;8-7(13)6-1-5(9-3-11)2-10(6)4-12;1-4(2)3/h9-10,12H,3-8H2,1-2H3,(H,13,14);1-2,5-6H,3-4,7-8H2;3-6H,1-2H2,(H2,8,13)(H,9,11);4H,1-3H3. The molecule has 3 unspecified atom stereocenters. The van der Waals surface area contributed by atoms with Crippen molar-refractivity contribution in [2.45, 2.75) is 110 Å². The lowest BCUT2D eigenvalue weighted by atomic mass is 9.84. The maximum Gasteiger partial charge on any atom is 0.240 e. The van der Waals surface area contributed by atoms with Crippen molar-refractivity contribution in [2.75, 3.05) is 20.1 Å². The van der Waals surface area contributed by atoms with E-state index in [1.54, 1.807) is 18.2 Å². The van der Waals surface area contributed by atoms with Crippen LogP contribution in [0.15, 0.2) is 24.3 Å². The van der Waals surface area contributed by atoms with Crippen molar-refractivity contribution in [1.82, 2.24) is 20.9 Å². The summed E-state index contributed by atoms with van der Waals surface area (Å²) in [5, 5.41) is 8.42. The van der Waals surface area contributed by atoms with Crippen LogP contribution in [0.2, 0.25) is 0 Å². The first kappa shape index (κ1) is 36.1. The first-order valence-corrected chi connectivity index (χ1v) is 15.3. The van der Waals surface area contributed by atoms with Gasteiger partial charge in [0.25, 0.3) is 0 Å². The lowest BCUT2D eigenvalue weighted by molar-refractivity contribution is -0.128. The van der Waals surface area contributed by atoms with Gasteiger partial charge in [0.15, 0.2) is 0 Å². The summed E-state index contributed by atoms with van der Waals surface area (Å²) in [5.41, 5.74) is 8.22. The van der Waals surface area contributed by atoms with Gasteiger partial charge in [-0.05, 0) is 81.9 Å². The van der Waals surface area contributed by atoms with Crippen molar-refractivity contribution in [3.63, 3.8) is 0 Å². The Balaban J connectivity index is 0.000000291. The van der Waals surface area contributed by atoms with E-state index in [0.717, 1.165) is 5.92 Å². The number of nitrogens with one attached hydrogen (secondary N) is 3. The average Bonchev–Trinajstić information content (AvgIpc) is 3.38. The molecular formula is C32H55N5O4. The van der Waals surface area contributed by atoms with Crippen LogP contribution in [0.3, 0.4) is 0 Å². The van der Waals surface area contributed by atoms with Crippen molar-refractivity contribution < 1.29 is 19.2 Å². The summed E-state index contributed by atoms with van der Waals surface area (Å²) < 4.78 is 0. The van der Waals surface area contributed by atoms with Crippen molar-refractivity contribution in [3.8, 4) is 0 Å². The minimum absolute atomic E-state index is 0.116. The molecule has 5 N–H and O–H groups in total. The van der Waals surface area contributed by atoms with Crippen LogP contribution in [0, 0.1) is 11.8 Å². The molecule has 9 nitrogen and oxygen atoms in total. The van der Waals surface area contributed by atoms with E-state index >= 15 is 0 Å². The van der Waals surface area contributed by atoms with Gasteiger partial charge in [-0.1, -0.05) is 64.3 Å². The van der Waals surface area contributed by atoms with Crippen LogP contribution in [0.1, 0.15) is 90.2 Å². The minimum Gasteiger partial charge on any atom is -0.368 e. The van der Waals surface area contributed by atoms with Crippen molar-refractivity contribution in [1.29, 1.82) is 0 Å². The largest absolute Gasteiger partial charge is 0.368 e. The summed E-state index contributed by atoms with van der Waals surface area (Å²) in [4.78, 5) is 44.0. The molecule has 4 amide bonds. The van der Waals surface area contributed by atoms with Crippen LogP contribution < -0.4 is 21.7 Å². The number of fused-ring (bicyclic) bond motifs is 1. The van der Waals surface area contributed by atoms with Gasteiger partial charge < -0.3 is 26.6 Å². The number of likely N-dealkylation sites (N-methyl/N-ethyl adjacent to an activating group) is 1. The molecule has 3 aliphatic rings. The molecule has 0 bridgehead atoms. The van der Waals surface area contributed by atoms with Crippen molar-refractivity contribution in [2.24, 2.45) is 17.6 Å². The zero-order valence-electron chi connectivity index (χ0n) is 26.0. The Bertz CT molecular complexity index is 876. The Labute approximate surface area is 247 Å². The Morgan fingerprint density at radius 1 is 0.976 bits per heavy atom. The second-order valence-corrected chi connectivity index (χ2v) is 11.9. The Morgan fingerprint density at radius 3 is 1.98 bits per heavy atom. The van der Waals surface area contributed by atoms with Crippen molar-refractivity contribution in [3.05, 3.63) is 35.4 Å². The second-order valence-electron chi connectivity index (χ2n) is 11.9. The molecule has 1 saturated heterocycles. The number of hydrogen-bond donors (Lipinski definition) is 4. The van der Waals surface area contributed by atoms with Gasteiger partial charge in [0.2, 0.25) is 24.6 Å². The highest BCUT2D eigenvalue weighted by Gasteiger charge is 2.34. The van der Waals surface area contributed by atoms with E-state index in [2.05, 4.69) is 67.9 Å². The highest BCUT2D eigenvalue weighted by atomic mass is 16.2. The normalized spacial score (nSPS) is 20.4. The molecule has 2 fully saturated rings. The number of carbonyl (C=O) groups is 4. The summed E-state index contributed by atoms with van der Waals surface area (Å²) in [6.07, 6.45) is 13.5. The topological polar surface area (TPSA) is 134 Å². The number of nitrogens with two attached hydrogens (primary N) is 1. The third-order valence-electron chi connectivity index (χ3n) is 7.45. The number of benzene rings is 1. The summed E-state index contributed by atoms with van der Waals surface area (Å²) in [6.45, 7) is 9.40. The molecular weight excluding hydrogens is 518 g/mol. The number of rotatable bonds is 8. The van der Waals surface area contributed by atoms with Gasteiger partial charge in [-0.15, -0.1) is 0 Å². The predicted molar refractivity (Wildman–Crippen MR) is 165 cm³/mol. The van der Waals surface area contributed by atoms with E-state index < -0.39 is 11.9 Å². The molecule has 41 heavy (non-hydrogen) atoms. The maximum absolute atomic E-state index is 11.3. The SMILES string of the molecule is CC(C)C.CNCC(=O)NC(C)C1CCCCC1.NC(=O)C1CC(NC=O)CN1C=O.c1ccc2c(c1)CCCC2. The lowest BCUT2D eigenvalue weighted by Gasteiger charge is -2.28. The Morgan fingerprint density at radius 2 is 1.54 bits per heavy atom. The third-order valence-corrected chi connectivity index (χ3v) is 7.45. The first-order valence-electron chi connectivity index (χ1n) is 15.3. The second kappa shape index (κ2) is 20.9. The van der Waals surface area contributed by atoms with E-state index in [0.29, 0.717) is 44.3 Å². The average molecular weight is 574 g/mol. The summed E-state index contributed by atoms with van der Waals surface area (Å²) in [6, 6.07) is 8.39. The van der Waals surface area contributed by atoms with Crippen LogP contribution in [0.5, 0.6) is 0 Å². The first-order chi connectivity index (χ1) is 19.6. The number of likely N-dealkylation sites (tertiary alicyclic amines) is 1. The van der Waals surface area contributed by atoms with Crippen LogP contribution >= 0.6 is 0 Å². The summed E-state index contributed by atoms with van der Waals surface area (Å²) in [7, 11) is 1.80. The molecule has 4 rings (SSSR count). The van der Waals surface area contributed by atoms with Gasteiger partial charge in [-0.2, -0.15) is 0 Å². The molecule has 1 saturated carbocycles. The minimum atomic E-state index is -0.588. The number of nitrogens with zero attached hydrogens (tertiary/aromatic N) is 1. The van der Waals surface area contributed by atoms with E-state index in [4.69, 9.17) is 5.73 Å². The van der Waals surface area contributed by atoms with E-state index in [1.807, 2.05) is 0 Å². The molecule has 232 valence electrons. The number of hydrogen-bond acceptors (Lipinski definition) is 5. The van der Waals surface area contributed by atoms with Gasteiger partial charge in [-0.3, -0.25) is 19.2 Å². The van der Waals surface area contributed by atoms with Gasteiger partial charge >= 0.3 is 0 Å². The predicted octanol–water partition coefficient (Wildman–Crippen LogP) is 3.34. The fraction of sp³-hybridized carbons (Fsp3) is 0.688. The van der Waals surface area contributed by atoms with Crippen LogP contribution in [-0.2, 0) is 32.0 Å². The van der Waals surface area contributed by atoms with E-state index in [-0.39, 0.29) is 11.9 Å². The zero-order valence-corrected chi connectivity index (χ0v) is 26.0. The van der Waals surface area contributed by atoms with Gasteiger partial charge in [0.1, 0.15) is 6.04 Å². The van der Waals surface area contributed by atoms with Crippen LogP contribution in [0.4, 0.5) is 0 Å². The Kier molecular flexibility index (Phi) is 18.4. The third kappa shape index (κ3) is 15.0. The smallest absolute Gasteiger partial charge is 0.240 e. The maximum atomic E-state index is 11.3. The Hall–Kier alpha value is -2.94. The number of primary amides is 1. The molecule has 1 heterocycles. The van der Waals surface area contributed by atoms with E-state index in [1.165, 1.54) is 62.7 Å². The van der Waals surface area contributed by atoms with Crippen molar-refractivity contribution >= 4 is 24.6 Å².